The van der Waals surface area contributed by atoms with E-state index in [0.717, 1.165) is 19.0 Å². The van der Waals surface area contributed by atoms with Gasteiger partial charge in [-0.3, -0.25) is 0 Å². The number of rotatable bonds is 6. The summed E-state index contributed by atoms with van der Waals surface area (Å²) in [5.41, 5.74) is 0.233. The van der Waals surface area contributed by atoms with Gasteiger partial charge in [0.05, 0.1) is 0 Å². The van der Waals surface area contributed by atoms with Crippen LogP contribution in [0, 0.1) is 11.3 Å². The summed E-state index contributed by atoms with van der Waals surface area (Å²) in [5.74, 6) is 0.728. The Morgan fingerprint density at radius 1 is 1.25 bits per heavy atom. The summed E-state index contributed by atoms with van der Waals surface area (Å²) in [6, 6.07) is 0. The molecule has 0 radical (unpaired) electrons. The van der Waals surface area contributed by atoms with E-state index in [1.165, 1.54) is 38.5 Å². The molecule has 96 valence electrons. The number of piperidine rings is 1. The van der Waals surface area contributed by atoms with E-state index in [1.54, 1.807) is 0 Å². The van der Waals surface area contributed by atoms with Crippen LogP contribution in [-0.2, 0) is 0 Å². The molecule has 0 aromatic rings. The first-order chi connectivity index (χ1) is 7.68. The molecule has 1 aliphatic rings. The molecule has 0 amide bonds. The second-order valence-electron chi connectivity index (χ2n) is 5.57. The molecule has 1 atom stereocenters. The molecule has 0 aromatic carbocycles. The molecule has 0 aliphatic carbocycles. The summed E-state index contributed by atoms with van der Waals surface area (Å²) in [4.78, 5) is 2.39. The number of aliphatic hydroxyl groups excluding tert-OH is 1. The Morgan fingerprint density at radius 2 is 1.88 bits per heavy atom. The topological polar surface area (TPSA) is 23.5 Å². The van der Waals surface area contributed by atoms with Gasteiger partial charge in [0.15, 0.2) is 0 Å². The second kappa shape index (κ2) is 6.61. The molecule has 0 bridgehead atoms. The Balaban J connectivity index is 2.61. The number of nitrogens with zero attached hydrogens (tertiary/aromatic N) is 1. The minimum Gasteiger partial charge on any atom is -0.396 e. The van der Waals surface area contributed by atoms with Crippen molar-refractivity contribution in [3.8, 4) is 0 Å². The van der Waals surface area contributed by atoms with E-state index in [9.17, 15) is 5.11 Å². The first-order valence-corrected chi connectivity index (χ1v) is 6.98. The van der Waals surface area contributed by atoms with Gasteiger partial charge in [-0.2, -0.15) is 0 Å². The van der Waals surface area contributed by atoms with Gasteiger partial charge in [-0.1, -0.05) is 33.1 Å². The van der Waals surface area contributed by atoms with Crippen LogP contribution in [0.1, 0.15) is 52.4 Å². The van der Waals surface area contributed by atoms with E-state index in [1.807, 2.05) is 0 Å². The van der Waals surface area contributed by atoms with E-state index < -0.39 is 0 Å². The van der Waals surface area contributed by atoms with E-state index in [2.05, 4.69) is 25.8 Å². The number of hydrogen-bond donors (Lipinski definition) is 1. The maximum atomic E-state index is 9.81. The molecule has 1 saturated heterocycles. The van der Waals surface area contributed by atoms with Gasteiger partial charge in [-0.15, -0.1) is 0 Å². The lowest BCUT2D eigenvalue weighted by atomic mass is 9.66. The van der Waals surface area contributed by atoms with E-state index >= 15 is 0 Å². The Labute approximate surface area is 101 Å². The van der Waals surface area contributed by atoms with Crippen molar-refractivity contribution in [2.45, 2.75) is 52.4 Å². The highest BCUT2D eigenvalue weighted by atomic mass is 16.3. The van der Waals surface area contributed by atoms with Crippen molar-refractivity contribution in [2.24, 2.45) is 11.3 Å². The van der Waals surface area contributed by atoms with Gasteiger partial charge in [-0.25, -0.2) is 0 Å². The van der Waals surface area contributed by atoms with Crippen LogP contribution >= 0.6 is 0 Å². The molecule has 0 saturated carbocycles. The van der Waals surface area contributed by atoms with Gasteiger partial charge in [0.2, 0.25) is 0 Å². The number of aliphatic hydroxyl groups is 1. The molecule has 2 nitrogen and oxygen atoms in total. The smallest absolute Gasteiger partial charge is 0.0491 e. The molecule has 1 unspecified atom stereocenters. The van der Waals surface area contributed by atoms with Crippen molar-refractivity contribution >= 4 is 0 Å². The van der Waals surface area contributed by atoms with E-state index in [0.29, 0.717) is 6.61 Å². The van der Waals surface area contributed by atoms with Crippen molar-refractivity contribution in [3.05, 3.63) is 0 Å². The molecule has 16 heavy (non-hydrogen) atoms. The van der Waals surface area contributed by atoms with Crippen LogP contribution in [0.25, 0.3) is 0 Å². The van der Waals surface area contributed by atoms with E-state index in [-0.39, 0.29) is 5.41 Å². The molecule has 1 fully saturated rings. The van der Waals surface area contributed by atoms with Crippen LogP contribution in [0.4, 0.5) is 0 Å². The lowest BCUT2D eigenvalue weighted by Gasteiger charge is -2.45. The highest BCUT2D eigenvalue weighted by Gasteiger charge is 2.38. The Hall–Kier alpha value is -0.0800. The minimum atomic E-state index is 0.233. The zero-order chi connectivity index (χ0) is 12.0. The number of unbranched alkanes of at least 4 members (excludes halogenated alkanes) is 1. The largest absolute Gasteiger partial charge is 0.396 e. The van der Waals surface area contributed by atoms with Crippen LogP contribution in [0.15, 0.2) is 0 Å². The minimum absolute atomic E-state index is 0.233. The normalized spacial score (nSPS) is 23.2. The lowest BCUT2D eigenvalue weighted by Crippen LogP contribution is -2.44. The Bertz CT molecular complexity index is 185. The monoisotopic (exact) mass is 227 g/mol. The van der Waals surface area contributed by atoms with Gasteiger partial charge < -0.3 is 10.0 Å². The summed E-state index contributed by atoms with van der Waals surface area (Å²) < 4.78 is 0. The molecule has 1 N–H and O–H groups in total. The van der Waals surface area contributed by atoms with Crippen LogP contribution in [0.3, 0.4) is 0 Å². The standard InChI is InChI=1S/C14H29NO/c1-4-6-7-13(5-2)14(12-16)8-10-15(3)11-9-14/h13,16H,4-12H2,1-3H3. The van der Waals surface area contributed by atoms with Crippen LogP contribution in [0.5, 0.6) is 0 Å². The van der Waals surface area contributed by atoms with Crippen molar-refractivity contribution < 1.29 is 5.11 Å². The Morgan fingerprint density at radius 3 is 2.31 bits per heavy atom. The fraction of sp³-hybridized carbons (Fsp3) is 1.00. The average Bonchev–Trinajstić information content (AvgIpc) is 2.32. The van der Waals surface area contributed by atoms with Crippen molar-refractivity contribution in [1.82, 2.24) is 4.90 Å². The molecule has 2 heteroatoms. The van der Waals surface area contributed by atoms with Crippen LogP contribution in [0.2, 0.25) is 0 Å². The van der Waals surface area contributed by atoms with Crippen LogP contribution in [-0.4, -0.2) is 36.8 Å². The van der Waals surface area contributed by atoms with Crippen molar-refractivity contribution in [3.63, 3.8) is 0 Å². The summed E-state index contributed by atoms with van der Waals surface area (Å²) >= 11 is 0. The molecule has 1 rings (SSSR count). The zero-order valence-electron chi connectivity index (χ0n) is 11.3. The fourth-order valence-corrected chi connectivity index (χ4v) is 3.15. The van der Waals surface area contributed by atoms with Gasteiger partial charge in [-0.05, 0) is 50.7 Å². The quantitative estimate of drug-likeness (QED) is 0.754. The highest BCUT2D eigenvalue weighted by molar-refractivity contribution is 4.90. The molecular formula is C14H29NO. The maximum Gasteiger partial charge on any atom is 0.0491 e. The first-order valence-electron chi connectivity index (χ1n) is 6.98. The third-order valence-electron chi connectivity index (χ3n) is 4.56. The fourth-order valence-electron chi connectivity index (χ4n) is 3.15. The summed E-state index contributed by atoms with van der Waals surface area (Å²) in [6.07, 6.45) is 7.49. The van der Waals surface area contributed by atoms with Gasteiger partial charge >= 0.3 is 0 Å². The van der Waals surface area contributed by atoms with E-state index in [4.69, 9.17) is 0 Å². The predicted molar refractivity (Wildman–Crippen MR) is 69.6 cm³/mol. The molecule has 0 spiro atoms. The summed E-state index contributed by atoms with van der Waals surface area (Å²) in [6.45, 7) is 7.25. The molecular weight excluding hydrogens is 198 g/mol. The second-order valence-corrected chi connectivity index (χ2v) is 5.57. The molecule has 0 aromatic heterocycles. The van der Waals surface area contributed by atoms with Gasteiger partial charge in [0, 0.05) is 6.61 Å². The summed E-state index contributed by atoms with van der Waals surface area (Å²) in [5, 5.41) is 9.81. The average molecular weight is 227 g/mol. The lowest BCUT2D eigenvalue weighted by molar-refractivity contribution is -0.00383. The third kappa shape index (κ3) is 3.21. The highest BCUT2D eigenvalue weighted by Crippen LogP contribution is 2.42. The number of likely N-dealkylation sites (tertiary alicyclic amines) is 1. The first kappa shape index (κ1) is 14.0. The van der Waals surface area contributed by atoms with Crippen molar-refractivity contribution in [1.29, 1.82) is 0 Å². The maximum absolute atomic E-state index is 9.81. The van der Waals surface area contributed by atoms with Crippen LogP contribution < -0.4 is 0 Å². The number of hydrogen-bond acceptors (Lipinski definition) is 2. The molecule has 1 aliphatic heterocycles. The van der Waals surface area contributed by atoms with Gasteiger partial charge in [0.1, 0.15) is 0 Å². The predicted octanol–water partition coefficient (Wildman–Crippen LogP) is 2.91. The molecule has 1 heterocycles. The summed E-state index contributed by atoms with van der Waals surface area (Å²) in [7, 11) is 2.19. The zero-order valence-corrected chi connectivity index (χ0v) is 11.3. The van der Waals surface area contributed by atoms with Gasteiger partial charge in [0.25, 0.3) is 0 Å². The van der Waals surface area contributed by atoms with Crippen molar-refractivity contribution in [2.75, 3.05) is 26.7 Å². The SMILES string of the molecule is CCCCC(CC)C1(CO)CCN(C)CC1. The Kier molecular flexibility index (Phi) is 5.77. The third-order valence-corrected chi connectivity index (χ3v) is 4.56.